The molecule has 1 amide bonds. The molecule has 0 aromatic carbocycles. The number of aliphatic carboxylic acids is 1. The number of halogens is 3. The number of alkyl halides is 3. The fourth-order valence-electron chi connectivity index (χ4n) is 3.12. The number of hydrogen-bond acceptors (Lipinski definition) is 4. The largest absolute Gasteiger partial charge is 0.480 e. The first-order valence-electron chi connectivity index (χ1n) is 8.19. The van der Waals surface area contributed by atoms with Gasteiger partial charge in [-0.3, -0.25) is 4.79 Å². The maximum atomic E-state index is 12.8. The molecule has 0 saturated heterocycles. The number of sulfone groups is 1. The molecule has 2 atom stereocenters. The van der Waals surface area contributed by atoms with Gasteiger partial charge in [-0.2, -0.15) is 13.2 Å². The third kappa shape index (κ3) is 6.16. The molecule has 0 aromatic rings. The van der Waals surface area contributed by atoms with Crippen LogP contribution < -0.4 is 5.32 Å². The third-order valence-electron chi connectivity index (χ3n) is 4.28. The van der Waals surface area contributed by atoms with Crippen molar-refractivity contribution in [2.75, 3.05) is 0 Å². The first-order chi connectivity index (χ1) is 11.4. The van der Waals surface area contributed by atoms with Crippen LogP contribution in [0.5, 0.6) is 0 Å². The predicted molar refractivity (Wildman–Crippen MR) is 84.7 cm³/mol. The molecule has 0 aliphatic heterocycles. The molecule has 1 saturated carbocycles. The van der Waals surface area contributed by atoms with Gasteiger partial charge in [-0.05, 0) is 18.8 Å². The lowest BCUT2D eigenvalue weighted by Gasteiger charge is -2.29. The Balaban J connectivity index is 3.00. The van der Waals surface area contributed by atoms with Crippen molar-refractivity contribution in [1.82, 2.24) is 5.32 Å². The van der Waals surface area contributed by atoms with E-state index in [-0.39, 0.29) is 0 Å². The quantitative estimate of drug-likeness (QED) is 0.698. The van der Waals surface area contributed by atoms with Gasteiger partial charge in [-0.1, -0.05) is 33.1 Å². The fourth-order valence-corrected chi connectivity index (χ4v) is 5.65. The summed E-state index contributed by atoms with van der Waals surface area (Å²) in [6.45, 7) is 2.95. The summed E-state index contributed by atoms with van der Waals surface area (Å²) in [5, 5.41) is 8.37. The van der Waals surface area contributed by atoms with Crippen LogP contribution in [-0.4, -0.2) is 48.1 Å². The van der Waals surface area contributed by atoms with Crippen molar-refractivity contribution < 1.29 is 36.3 Å². The summed E-state index contributed by atoms with van der Waals surface area (Å²) in [7, 11) is -3.92. The van der Waals surface area contributed by atoms with Gasteiger partial charge in [0.05, 0.1) is 11.7 Å². The molecule has 0 bridgehead atoms. The van der Waals surface area contributed by atoms with Crippen LogP contribution in [0.15, 0.2) is 0 Å². The Morgan fingerprint density at radius 1 is 1.16 bits per heavy atom. The summed E-state index contributed by atoms with van der Waals surface area (Å²) in [6, 6.07) is -2.21. The van der Waals surface area contributed by atoms with E-state index in [1.165, 1.54) is 13.8 Å². The minimum absolute atomic E-state index is 0.406. The van der Waals surface area contributed by atoms with Crippen molar-refractivity contribution in [3.63, 3.8) is 0 Å². The van der Waals surface area contributed by atoms with E-state index >= 15 is 0 Å². The number of carboxylic acids is 1. The molecule has 146 valence electrons. The zero-order valence-corrected chi connectivity index (χ0v) is 15.0. The highest BCUT2D eigenvalue weighted by Crippen LogP contribution is 2.29. The second-order valence-corrected chi connectivity index (χ2v) is 9.08. The first-order valence-corrected chi connectivity index (χ1v) is 9.80. The van der Waals surface area contributed by atoms with E-state index in [2.05, 4.69) is 0 Å². The van der Waals surface area contributed by atoms with Gasteiger partial charge < -0.3 is 10.4 Å². The van der Waals surface area contributed by atoms with Crippen LogP contribution in [0.25, 0.3) is 0 Å². The number of carbonyl (C=O) groups excluding carboxylic acids is 1. The molecule has 6 nitrogen and oxygen atoms in total. The highest BCUT2D eigenvalue weighted by atomic mass is 32.2. The van der Waals surface area contributed by atoms with E-state index in [1.807, 2.05) is 0 Å². The highest BCUT2D eigenvalue weighted by Gasteiger charge is 2.43. The maximum Gasteiger partial charge on any atom is 0.391 e. The van der Waals surface area contributed by atoms with Crippen LogP contribution in [0.2, 0.25) is 0 Å². The zero-order chi connectivity index (χ0) is 19.4. The standard InChI is InChI=1S/C15H24F3NO5S/c1-9(2)12(25(23,24)10-6-4-3-5-7-10)13(20)19-11(14(21)22)8-15(16,17)18/h9-12H,3-8H2,1-2H3,(H,19,20)(H,21,22). The Labute approximate surface area is 145 Å². The first kappa shape index (κ1) is 21.7. The number of carbonyl (C=O) groups is 2. The molecule has 0 aromatic heterocycles. The van der Waals surface area contributed by atoms with E-state index < -0.39 is 56.8 Å². The molecule has 1 aliphatic carbocycles. The lowest BCUT2D eigenvalue weighted by molar-refractivity contribution is -0.160. The minimum Gasteiger partial charge on any atom is -0.480 e. The molecular weight excluding hydrogens is 363 g/mol. The third-order valence-corrected chi connectivity index (χ3v) is 7.15. The summed E-state index contributed by atoms with van der Waals surface area (Å²) in [6.07, 6.45) is -3.43. The van der Waals surface area contributed by atoms with Crippen LogP contribution in [0.3, 0.4) is 0 Å². The SMILES string of the molecule is CC(C)C(C(=O)NC(CC(F)(F)F)C(=O)O)S(=O)(=O)C1CCCCC1. The summed E-state index contributed by atoms with van der Waals surface area (Å²) in [5.41, 5.74) is 0. The van der Waals surface area contributed by atoms with Crippen LogP contribution in [0.4, 0.5) is 13.2 Å². The van der Waals surface area contributed by atoms with Crippen molar-refractivity contribution in [1.29, 1.82) is 0 Å². The van der Waals surface area contributed by atoms with Gasteiger partial charge in [0.25, 0.3) is 0 Å². The van der Waals surface area contributed by atoms with Crippen molar-refractivity contribution in [2.45, 2.75) is 75.1 Å². The minimum atomic E-state index is -4.80. The second-order valence-electron chi connectivity index (χ2n) is 6.73. The topological polar surface area (TPSA) is 101 Å². The van der Waals surface area contributed by atoms with Gasteiger partial charge >= 0.3 is 12.1 Å². The summed E-state index contributed by atoms with van der Waals surface area (Å²) in [4.78, 5) is 23.3. The number of rotatable bonds is 7. The molecule has 25 heavy (non-hydrogen) atoms. The smallest absolute Gasteiger partial charge is 0.391 e. The zero-order valence-electron chi connectivity index (χ0n) is 14.2. The van der Waals surface area contributed by atoms with E-state index in [1.54, 1.807) is 5.32 Å². The average Bonchev–Trinajstić information content (AvgIpc) is 2.45. The fraction of sp³-hybridized carbons (Fsp3) is 0.867. The number of nitrogens with one attached hydrogen (secondary N) is 1. The summed E-state index contributed by atoms with van der Waals surface area (Å²) < 4.78 is 63.0. The van der Waals surface area contributed by atoms with Gasteiger partial charge in [0, 0.05) is 0 Å². The van der Waals surface area contributed by atoms with Crippen LogP contribution in [-0.2, 0) is 19.4 Å². The Morgan fingerprint density at radius 2 is 1.68 bits per heavy atom. The van der Waals surface area contributed by atoms with Crippen molar-refractivity contribution >= 4 is 21.7 Å². The Bertz CT molecular complexity index is 582. The molecule has 2 unspecified atom stereocenters. The normalized spacial score (nSPS) is 19.4. The predicted octanol–water partition coefficient (Wildman–Crippen LogP) is 2.28. The van der Waals surface area contributed by atoms with Crippen LogP contribution >= 0.6 is 0 Å². The van der Waals surface area contributed by atoms with Gasteiger partial charge in [0.15, 0.2) is 9.84 Å². The molecule has 0 heterocycles. The van der Waals surface area contributed by atoms with Crippen LogP contribution in [0.1, 0.15) is 52.4 Å². The van der Waals surface area contributed by atoms with Gasteiger partial charge in [-0.15, -0.1) is 0 Å². The van der Waals surface area contributed by atoms with Crippen molar-refractivity contribution in [2.24, 2.45) is 5.92 Å². The van der Waals surface area contributed by atoms with E-state index in [9.17, 15) is 31.2 Å². The Morgan fingerprint density at radius 3 is 2.08 bits per heavy atom. The van der Waals surface area contributed by atoms with E-state index in [0.717, 1.165) is 6.42 Å². The molecular formula is C15H24F3NO5S. The van der Waals surface area contributed by atoms with E-state index in [0.29, 0.717) is 25.7 Å². The Kier molecular flexibility index (Phi) is 7.28. The Hall–Kier alpha value is -1.32. The number of carboxylic acid groups (broad SMARTS) is 1. The summed E-state index contributed by atoms with van der Waals surface area (Å²) >= 11 is 0. The monoisotopic (exact) mass is 387 g/mol. The van der Waals surface area contributed by atoms with E-state index in [4.69, 9.17) is 5.11 Å². The van der Waals surface area contributed by atoms with Crippen molar-refractivity contribution in [3.05, 3.63) is 0 Å². The average molecular weight is 387 g/mol. The second kappa shape index (κ2) is 8.37. The lowest BCUT2D eigenvalue weighted by Crippen LogP contribution is -2.52. The van der Waals surface area contributed by atoms with Gasteiger partial charge in [0.1, 0.15) is 11.3 Å². The summed E-state index contributed by atoms with van der Waals surface area (Å²) in [5.74, 6) is -3.73. The van der Waals surface area contributed by atoms with Crippen molar-refractivity contribution in [3.8, 4) is 0 Å². The molecule has 1 fully saturated rings. The van der Waals surface area contributed by atoms with Gasteiger partial charge in [-0.25, -0.2) is 13.2 Å². The number of hydrogen-bond donors (Lipinski definition) is 2. The molecule has 0 radical (unpaired) electrons. The maximum absolute atomic E-state index is 12.8. The number of amides is 1. The molecule has 10 heteroatoms. The highest BCUT2D eigenvalue weighted by molar-refractivity contribution is 7.93. The lowest BCUT2D eigenvalue weighted by atomic mass is 10.0. The molecule has 1 rings (SSSR count). The molecule has 0 spiro atoms. The molecule has 2 N–H and O–H groups in total. The van der Waals surface area contributed by atoms with Gasteiger partial charge in [0.2, 0.25) is 5.91 Å². The van der Waals surface area contributed by atoms with Crippen LogP contribution in [0, 0.1) is 5.92 Å². The molecule has 1 aliphatic rings.